The van der Waals surface area contributed by atoms with Crippen molar-refractivity contribution in [1.29, 1.82) is 0 Å². The van der Waals surface area contributed by atoms with E-state index in [-0.39, 0.29) is 18.6 Å². The zero-order valence-electron chi connectivity index (χ0n) is 15.0. The molecule has 26 heavy (non-hydrogen) atoms. The summed E-state index contributed by atoms with van der Waals surface area (Å²) >= 11 is 0. The maximum absolute atomic E-state index is 12.4. The van der Waals surface area contributed by atoms with Crippen molar-refractivity contribution in [2.24, 2.45) is 0 Å². The van der Waals surface area contributed by atoms with Gasteiger partial charge in [0.1, 0.15) is 12.4 Å². The summed E-state index contributed by atoms with van der Waals surface area (Å²) in [6.45, 7) is 6.22. The Morgan fingerprint density at radius 3 is 2.58 bits per heavy atom. The number of rotatable bonds is 6. The summed E-state index contributed by atoms with van der Waals surface area (Å²) in [6.07, 6.45) is 0. The summed E-state index contributed by atoms with van der Waals surface area (Å²) in [6, 6.07) is 14.8. The monoisotopic (exact) mass is 351 g/mol. The molecule has 0 saturated heterocycles. The van der Waals surface area contributed by atoms with Crippen molar-refractivity contribution in [3.63, 3.8) is 0 Å². The Labute approximate surface area is 152 Å². The van der Waals surface area contributed by atoms with Crippen LogP contribution in [0.25, 0.3) is 0 Å². The lowest BCUT2D eigenvalue weighted by atomic mass is 10.1. The SMILES string of the molecule is Cc1ccccc1NC(=O)c1ccc(OCc2nnnn2C(C)C)cc1. The lowest BCUT2D eigenvalue weighted by Crippen LogP contribution is -2.13. The molecule has 1 amide bonds. The molecule has 0 aliphatic carbocycles. The number of tetrazole rings is 1. The van der Waals surface area contributed by atoms with Crippen LogP contribution >= 0.6 is 0 Å². The number of ether oxygens (including phenoxy) is 1. The van der Waals surface area contributed by atoms with Crippen molar-refractivity contribution in [3.8, 4) is 5.75 Å². The number of amides is 1. The maximum Gasteiger partial charge on any atom is 0.255 e. The van der Waals surface area contributed by atoms with Crippen LogP contribution in [-0.2, 0) is 6.61 Å². The third-order valence-electron chi connectivity index (χ3n) is 3.93. The standard InChI is InChI=1S/C19H21N5O2/c1-13(2)24-18(21-22-23-24)12-26-16-10-8-15(9-11-16)19(25)20-17-7-5-4-6-14(17)3/h4-11,13H,12H2,1-3H3,(H,20,25). The van der Waals surface area contributed by atoms with Crippen LogP contribution in [0.5, 0.6) is 5.75 Å². The van der Waals surface area contributed by atoms with Crippen molar-refractivity contribution >= 4 is 11.6 Å². The van der Waals surface area contributed by atoms with E-state index >= 15 is 0 Å². The van der Waals surface area contributed by atoms with E-state index in [0.717, 1.165) is 11.3 Å². The third-order valence-corrected chi connectivity index (χ3v) is 3.93. The number of carbonyl (C=O) groups is 1. The predicted octanol–water partition coefficient (Wildman–Crippen LogP) is 3.39. The van der Waals surface area contributed by atoms with Gasteiger partial charge in [-0.1, -0.05) is 18.2 Å². The quantitative estimate of drug-likeness (QED) is 0.736. The number of hydrogen-bond acceptors (Lipinski definition) is 5. The van der Waals surface area contributed by atoms with E-state index in [1.807, 2.05) is 45.0 Å². The second-order valence-electron chi connectivity index (χ2n) is 6.22. The number of carbonyl (C=O) groups excluding carboxylic acids is 1. The van der Waals surface area contributed by atoms with Crippen LogP contribution in [0.15, 0.2) is 48.5 Å². The van der Waals surface area contributed by atoms with E-state index < -0.39 is 0 Å². The van der Waals surface area contributed by atoms with Gasteiger partial charge in [-0.15, -0.1) is 5.10 Å². The van der Waals surface area contributed by atoms with Gasteiger partial charge in [-0.25, -0.2) is 4.68 Å². The molecule has 0 spiro atoms. The highest BCUT2D eigenvalue weighted by atomic mass is 16.5. The van der Waals surface area contributed by atoms with E-state index in [1.54, 1.807) is 28.9 Å². The first-order chi connectivity index (χ1) is 12.5. The lowest BCUT2D eigenvalue weighted by Gasteiger charge is -2.10. The average Bonchev–Trinajstić information content (AvgIpc) is 3.11. The third kappa shape index (κ3) is 4.05. The topological polar surface area (TPSA) is 81.9 Å². The summed E-state index contributed by atoms with van der Waals surface area (Å²) in [7, 11) is 0. The first kappa shape index (κ1) is 17.6. The number of hydrogen-bond donors (Lipinski definition) is 1. The molecular weight excluding hydrogens is 330 g/mol. The second kappa shape index (κ2) is 7.77. The van der Waals surface area contributed by atoms with Gasteiger partial charge in [0, 0.05) is 11.3 Å². The maximum atomic E-state index is 12.4. The number of nitrogens with zero attached hydrogens (tertiary/aromatic N) is 4. The zero-order chi connectivity index (χ0) is 18.5. The molecule has 1 aromatic heterocycles. The number of aromatic nitrogens is 4. The summed E-state index contributed by atoms with van der Waals surface area (Å²) in [5, 5.41) is 14.5. The molecule has 0 aliphatic heterocycles. The molecule has 2 aromatic carbocycles. The summed E-state index contributed by atoms with van der Waals surface area (Å²) < 4.78 is 7.43. The van der Waals surface area contributed by atoms with E-state index in [2.05, 4.69) is 20.8 Å². The van der Waals surface area contributed by atoms with Crippen LogP contribution in [0, 0.1) is 6.92 Å². The number of aryl methyl sites for hydroxylation is 1. The van der Waals surface area contributed by atoms with E-state index in [0.29, 0.717) is 17.1 Å². The highest BCUT2D eigenvalue weighted by Crippen LogP contribution is 2.17. The predicted molar refractivity (Wildman–Crippen MR) is 98.1 cm³/mol. The summed E-state index contributed by atoms with van der Waals surface area (Å²) in [4.78, 5) is 12.4. The fraction of sp³-hybridized carbons (Fsp3) is 0.263. The molecule has 1 N–H and O–H groups in total. The minimum absolute atomic E-state index is 0.158. The number of nitrogens with one attached hydrogen (secondary N) is 1. The van der Waals surface area contributed by atoms with Gasteiger partial charge in [0.2, 0.25) is 0 Å². The molecule has 0 fully saturated rings. The van der Waals surface area contributed by atoms with Crippen molar-refractivity contribution < 1.29 is 9.53 Å². The molecule has 0 radical (unpaired) electrons. The molecule has 134 valence electrons. The van der Waals surface area contributed by atoms with Crippen molar-refractivity contribution in [2.45, 2.75) is 33.4 Å². The van der Waals surface area contributed by atoms with E-state index in [9.17, 15) is 4.79 Å². The Morgan fingerprint density at radius 1 is 1.15 bits per heavy atom. The highest BCUT2D eigenvalue weighted by molar-refractivity contribution is 6.04. The van der Waals surface area contributed by atoms with Gasteiger partial charge in [0.05, 0.1) is 6.04 Å². The van der Waals surface area contributed by atoms with Crippen LogP contribution in [-0.4, -0.2) is 26.1 Å². The molecule has 7 nitrogen and oxygen atoms in total. The minimum Gasteiger partial charge on any atom is -0.486 e. The molecule has 0 aliphatic rings. The fourth-order valence-electron chi connectivity index (χ4n) is 2.47. The lowest BCUT2D eigenvalue weighted by molar-refractivity contribution is 0.102. The van der Waals surface area contributed by atoms with Crippen LogP contribution in [0.4, 0.5) is 5.69 Å². The van der Waals surface area contributed by atoms with E-state index in [4.69, 9.17) is 4.74 Å². The van der Waals surface area contributed by atoms with Gasteiger partial charge in [0.25, 0.3) is 5.91 Å². The minimum atomic E-state index is -0.158. The van der Waals surface area contributed by atoms with Gasteiger partial charge in [0.15, 0.2) is 5.82 Å². The fourth-order valence-corrected chi connectivity index (χ4v) is 2.47. The molecule has 0 unspecified atom stereocenters. The Bertz CT molecular complexity index is 887. The van der Waals surface area contributed by atoms with Gasteiger partial charge < -0.3 is 10.1 Å². The molecule has 1 heterocycles. The second-order valence-corrected chi connectivity index (χ2v) is 6.22. The summed E-state index contributed by atoms with van der Waals surface area (Å²) in [5.74, 6) is 1.15. The molecule has 0 atom stereocenters. The van der Waals surface area contributed by atoms with Crippen molar-refractivity contribution in [2.75, 3.05) is 5.32 Å². The summed E-state index contributed by atoms with van der Waals surface area (Å²) in [5.41, 5.74) is 2.38. The van der Waals surface area contributed by atoms with Crippen LogP contribution in [0.1, 0.15) is 41.6 Å². The Balaban J connectivity index is 1.62. The van der Waals surface area contributed by atoms with Crippen LogP contribution in [0.3, 0.4) is 0 Å². The molecule has 0 saturated carbocycles. The molecule has 7 heteroatoms. The zero-order valence-corrected chi connectivity index (χ0v) is 15.0. The number of para-hydroxylation sites is 1. The van der Waals surface area contributed by atoms with Gasteiger partial charge in [-0.3, -0.25) is 4.79 Å². The Morgan fingerprint density at radius 2 is 1.88 bits per heavy atom. The average molecular weight is 351 g/mol. The smallest absolute Gasteiger partial charge is 0.255 e. The molecule has 3 rings (SSSR count). The van der Waals surface area contributed by atoms with Crippen LogP contribution < -0.4 is 10.1 Å². The number of benzene rings is 2. The Hall–Kier alpha value is -3.22. The Kier molecular flexibility index (Phi) is 5.26. The van der Waals surface area contributed by atoms with Crippen molar-refractivity contribution in [3.05, 3.63) is 65.5 Å². The first-order valence-corrected chi connectivity index (χ1v) is 8.41. The molecular formula is C19H21N5O2. The van der Waals surface area contributed by atoms with Gasteiger partial charge >= 0.3 is 0 Å². The highest BCUT2D eigenvalue weighted by Gasteiger charge is 2.11. The number of anilines is 1. The van der Waals surface area contributed by atoms with Gasteiger partial charge in [-0.05, 0) is 67.1 Å². The van der Waals surface area contributed by atoms with E-state index in [1.165, 1.54) is 0 Å². The van der Waals surface area contributed by atoms with Crippen molar-refractivity contribution in [1.82, 2.24) is 20.2 Å². The van der Waals surface area contributed by atoms with Crippen LogP contribution in [0.2, 0.25) is 0 Å². The largest absolute Gasteiger partial charge is 0.486 e. The van der Waals surface area contributed by atoms with Gasteiger partial charge in [-0.2, -0.15) is 0 Å². The molecule has 3 aromatic rings. The molecule has 0 bridgehead atoms. The normalized spacial score (nSPS) is 10.8. The first-order valence-electron chi connectivity index (χ1n) is 8.41.